The van der Waals surface area contributed by atoms with Gasteiger partial charge < -0.3 is 19.9 Å². The third-order valence-electron chi connectivity index (χ3n) is 3.79. The monoisotopic (exact) mass is 273 g/mol. The predicted molar refractivity (Wildman–Crippen MR) is 77.4 cm³/mol. The van der Waals surface area contributed by atoms with E-state index in [1.807, 2.05) is 0 Å². The lowest BCUT2D eigenvalue weighted by atomic mass is 9.90. The van der Waals surface area contributed by atoms with Crippen LogP contribution in [0.15, 0.2) is 0 Å². The third-order valence-corrected chi connectivity index (χ3v) is 3.79. The lowest BCUT2D eigenvalue weighted by molar-refractivity contribution is -0.00617. The van der Waals surface area contributed by atoms with Gasteiger partial charge in [0.15, 0.2) is 0 Å². The lowest BCUT2D eigenvalue weighted by Gasteiger charge is -2.25. The van der Waals surface area contributed by atoms with Gasteiger partial charge in [0, 0.05) is 26.8 Å². The molecule has 4 heteroatoms. The summed E-state index contributed by atoms with van der Waals surface area (Å²) in [4.78, 5) is 0. The first-order valence-electron chi connectivity index (χ1n) is 7.53. The van der Waals surface area contributed by atoms with Crippen LogP contribution >= 0.6 is 0 Å². The highest BCUT2D eigenvalue weighted by atomic mass is 16.5. The first-order chi connectivity index (χ1) is 9.03. The Bertz CT molecular complexity index is 227. The Labute approximate surface area is 117 Å². The Balaban J connectivity index is 2.03. The number of hydrogen-bond acceptors (Lipinski definition) is 4. The van der Waals surface area contributed by atoms with Crippen LogP contribution in [0.3, 0.4) is 0 Å². The van der Waals surface area contributed by atoms with Crippen LogP contribution in [0.4, 0.5) is 0 Å². The maximum atomic E-state index is 9.87. The number of aliphatic hydroxyl groups excluding tert-OH is 1. The minimum absolute atomic E-state index is 0.196. The van der Waals surface area contributed by atoms with Crippen molar-refractivity contribution in [2.24, 2.45) is 5.41 Å². The molecule has 1 rings (SSSR count). The molecule has 0 spiro atoms. The molecule has 114 valence electrons. The molecule has 2 N–H and O–H groups in total. The molecule has 1 unspecified atom stereocenters. The van der Waals surface area contributed by atoms with Crippen molar-refractivity contribution in [3.8, 4) is 0 Å². The Morgan fingerprint density at radius 1 is 1.32 bits per heavy atom. The van der Waals surface area contributed by atoms with Crippen LogP contribution in [0.25, 0.3) is 0 Å². The summed E-state index contributed by atoms with van der Waals surface area (Å²) in [7, 11) is 1.73. The number of aliphatic hydroxyl groups is 1. The summed E-state index contributed by atoms with van der Waals surface area (Å²) in [6.07, 6.45) is 5.85. The number of ether oxygens (including phenoxy) is 2. The van der Waals surface area contributed by atoms with Gasteiger partial charge >= 0.3 is 0 Å². The number of nitrogens with one attached hydrogen (secondary N) is 1. The van der Waals surface area contributed by atoms with Gasteiger partial charge in [-0.2, -0.15) is 0 Å². The molecule has 0 aromatic carbocycles. The van der Waals surface area contributed by atoms with Crippen molar-refractivity contribution in [2.45, 2.75) is 58.2 Å². The second kappa shape index (κ2) is 8.90. The Kier molecular flexibility index (Phi) is 7.91. The van der Waals surface area contributed by atoms with Crippen molar-refractivity contribution in [2.75, 3.05) is 33.4 Å². The fourth-order valence-electron chi connectivity index (χ4n) is 2.41. The van der Waals surface area contributed by atoms with E-state index in [2.05, 4.69) is 19.2 Å². The van der Waals surface area contributed by atoms with E-state index >= 15 is 0 Å². The Morgan fingerprint density at radius 3 is 2.63 bits per heavy atom. The first kappa shape index (κ1) is 16.9. The zero-order chi connectivity index (χ0) is 14.1. The van der Waals surface area contributed by atoms with E-state index in [4.69, 9.17) is 9.47 Å². The molecule has 0 bridgehead atoms. The van der Waals surface area contributed by atoms with Crippen LogP contribution in [0.1, 0.15) is 46.0 Å². The zero-order valence-electron chi connectivity index (χ0n) is 12.8. The smallest absolute Gasteiger partial charge is 0.0897 e. The molecule has 1 atom stereocenters. The number of hydrogen-bond donors (Lipinski definition) is 2. The summed E-state index contributed by atoms with van der Waals surface area (Å²) in [5, 5.41) is 13.2. The van der Waals surface area contributed by atoms with Crippen molar-refractivity contribution in [1.82, 2.24) is 5.32 Å². The normalized spacial score (nSPS) is 18.9. The van der Waals surface area contributed by atoms with Crippen LogP contribution in [-0.4, -0.2) is 50.7 Å². The SMILES string of the molecule is COCCC(C)(C)CNCC(O)COC1CCCC1. The van der Waals surface area contributed by atoms with Gasteiger partial charge in [-0.05, 0) is 24.7 Å². The number of rotatable bonds is 10. The largest absolute Gasteiger partial charge is 0.389 e. The van der Waals surface area contributed by atoms with Crippen molar-refractivity contribution in [1.29, 1.82) is 0 Å². The molecule has 0 amide bonds. The molecule has 1 saturated carbocycles. The maximum Gasteiger partial charge on any atom is 0.0897 e. The molecule has 0 aromatic rings. The van der Waals surface area contributed by atoms with Crippen LogP contribution in [0.2, 0.25) is 0 Å². The lowest BCUT2D eigenvalue weighted by Crippen LogP contribution is -2.37. The van der Waals surface area contributed by atoms with Crippen LogP contribution < -0.4 is 5.32 Å². The summed E-state index contributed by atoms with van der Waals surface area (Å²) < 4.78 is 10.8. The van der Waals surface area contributed by atoms with E-state index < -0.39 is 6.10 Å². The molecule has 1 aliphatic carbocycles. The van der Waals surface area contributed by atoms with Gasteiger partial charge in [0.05, 0.1) is 18.8 Å². The highest BCUT2D eigenvalue weighted by Crippen LogP contribution is 2.21. The van der Waals surface area contributed by atoms with Gasteiger partial charge in [-0.3, -0.25) is 0 Å². The molecular formula is C15H31NO3. The van der Waals surface area contributed by atoms with Gasteiger partial charge in [-0.1, -0.05) is 26.7 Å². The molecule has 4 nitrogen and oxygen atoms in total. The molecule has 1 aliphatic rings. The predicted octanol–water partition coefficient (Wildman–Crippen LogP) is 1.96. The fourth-order valence-corrected chi connectivity index (χ4v) is 2.41. The van der Waals surface area contributed by atoms with Crippen LogP contribution in [0.5, 0.6) is 0 Å². The van der Waals surface area contributed by atoms with E-state index in [1.54, 1.807) is 7.11 Å². The van der Waals surface area contributed by atoms with E-state index in [9.17, 15) is 5.11 Å². The summed E-state index contributed by atoms with van der Waals surface area (Å²) in [6, 6.07) is 0. The van der Waals surface area contributed by atoms with E-state index in [0.29, 0.717) is 19.3 Å². The summed E-state index contributed by atoms with van der Waals surface area (Å²) in [5.41, 5.74) is 0.196. The number of methoxy groups -OCH3 is 1. The van der Waals surface area contributed by atoms with Crippen molar-refractivity contribution in [3.63, 3.8) is 0 Å². The van der Waals surface area contributed by atoms with Gasteiger partial charge in [0.1, 0.15) is 0 Å². The second-order valence-corrected chi connectivity index (χ2v) is 6.43. The minimum atomic E-state index is -0.404. The van der Waals surface area contributed by atoms with Crippen molar-refractivity contribution in [3.05, 3.63) is 0 Å². The molecule has 0 aromatic heterocycles. The summed E-state index contributed by atoms with van der Waals surface area (Å²) in [6.45, 7) is 7.14. The highest BCUT2D eigenvalue weighted by Gasteiger charge is 2.19. The van der Waals surface area contributed by atoms with Crippen LogP contribution in [0, 0.1) is 5.41 Å². The zero-order valence-corrected chi connectivity index (χ0v) is 12.8. The van der Waals surface area contributed by atoms with Gasteiger partial charge in [-0.25, -0.2) is 0 Å². The van der Waals surface area contributed by atoms with Gasteiger partial charge in [0.25, 0.3) is 0 Å². The van der Waals surface area contributed by atoms with Crippen LogP contribution in [-0.2, 0) is 9.47 Å². The Morgan fingerprint density at radius 2 is 2.00 bits per heavy atom. The highest BCUT2D eigenvalue weighted by molar-refractivity contribution is 4.73. The molecular weight excluding hydrogens is 242 g/mol. The molecule has 1 fully saturated rings. The molecule has 0 aliphatic heterocycles. The van der Waals surface area contributed by atoms with Crippen molar-refractivity contribution < 1.29 is 14.6 Å². The summed E-state index contributed by atoms with van der Waals surface area (Å²) >= 11 is 0. The van der Waals surface area contributed by atoms with Gasteiger partial charge in [0.2, 0.25) is 0 Å². The minimum Gasteiger partial charge on any atom is -0.389 e. The molecule has 0 saturated heterocycles. The maximum absolute atomic E-state index is 9.87. The standard InChI is InChI=1S/C15H31NO3/c1-15(2,8-9-18-3)12-16-10-13(17)11-19-14-6-4-5-7-14/h13-14,16-17H,4-12H2,1-3H3. The molecule has 0 heterocycles. The second-order valence-electron chi connectivity index (χ2n) is 6.43. The average molecular weight is 273 g/mol. The Hall–Kier alpha value is -0.160. The molecule has 0 radical (unpaired) electrons. The third kappa shape index (κ3) is 7.88. The fraction of sp³-hybridized carbons (Fsp3) is 1.00. The summed E-state index contributed by atoms with van der Waals surface area (Å²) in [5.74, 6) is 0. The topological polar surface area (TPSA) is 50.7 Å². The quantitative estimate of drug-likeness (QED) is 0.639. The van der Waals surface area contributed by atoms with E-state index in [0.717, 1.165) is 32.4 Å². The van der Waals surface area contributed by atoms with E-state index in [1.165, 1.54) is 12.8 Å². The van der Waals surface area contributed by atoms with E-state index in [-0.39, 0.29) is 5.41 Å². The average Bonchev–Trinajstić information content (AvgIpc) is 2.87. The molecule has 19 heavy (non-hydrogen) atoms. The van der Waals surface area contributed by atoms with Crippen molar-refractivity contribution >= 4 is 0 Å². The first-order valence-corrected chi connectivity index (χ1v) is 7.53. The van der Waals surface area contributed by atoms with Gasteiger partial charge in [-0.15, -0.1) is 0 Å².